The molecule has 2 aromatic heterocycles. The van der Waals surface area contributed by atoms with Gasteiger partial charge in [-0.2, -0.15) is 0 Å². The van der Waals surface area contributed by atoms with Crippen molar-refractivity contribution >= 4 is 26.7 Å². The molecule has 34 heavy (non-hydrogen) atoms. The zero-order valence-electron chi connectivity index (χ0n) is 18.7. The second-order valence-corrected chi connectivity index (χ2v) is 9.49. The van der Waals surface area contributed by atoms with E-state index in [9.17, 15) is 0 Å². The van der Waals surface area contributed by atoms with E-state index < -0.39 is 0 Å². The minimum atomic E-state index is -0.00238. The highest BCUT2D eigenvalue weighted by Crippen LogP contribution is 2.32. The van der Waals surface area contributed by atoms with Crippen LogP contribution in [0, 0.1) is 0 Å². The van der Waals surface area contributed by atoms with Gasteiger partial charge in [0.2, 0.25) is 0 Å². The van der Waals surface area contributed by atoms with E-state index in [0.29, 0.717) is 6.54 Å². The molecule has 0 saturated carbocycles. The average Bonchev–Trinajstić information content (AvgIpc) is 3.53. The minimum absolute atomic E-state index is 0.00238. The summed E-state index contributed by atoms with van der Waals surface area (Å²) in [6.07, 6.45) is 0. The zero-order chi connectivity index (χ0) is 22.7. The smallest absolute Gasteiger partial charge is 0.186 e. The second-order valence-electron chi connectivity index (χ2n) is 8.48. The molecule has 170 valence electrons. The van der Waals surface area contributed by atoms with Gasteiger partial charge in [-0.15, -0.1) is 5.10 Å². The summed E-state index contributed by atoms with van der Waals surface area (Å²) in [5.74, 6) is 0.878. The zero-order valence-corrected chi connectivity index (χ0v) is 19.6. The minimum Gasteiger partial charge on any atom is -0.345 e. The van der Waals surface area contributed by atoms with Crippen molar-refractivity contribution in [2.75, 3.05) is 31.1 Å². The fourth-order valence-corrected chi connectivity index (χ4v) is 5.62. The summed E-state index contributed by atoms with van der Waals surface area (Å²) in [5, 5.41) is 14.0. The van der Waals surface area contributed by atoms with Gasteiger partial charge in [0.1, 0.15) is 0 Å². The number of nitrogens with zero attached hydrogens (tertiary/aromatic N) is 7. The van der Waals surface area contributed by atoms with Crippen molar-refractivity contribution in [3.63, 3.8) is 0 Å². The maximum Gasteiger partial charge on any atom is 0.186 e. The number of hydrogen-bond acceptors (Lipinski definition) is 7. The quantitative estimate of drug-likeness (QED) is 0.372. The van der Waals surface area contributed by atoms with Gasteiger partial charge in [0.25, 0.3) is 0 Å². The van der Waals surface area contributed by atoms with Gasteiger partial charge in [0.15, 0.2) is 11.0 Å². The topological polar surface area (TPSA) is 63.0 Å². The molecular weight excluding hydrogens is 442 g/mol. The van der Waals surface area contributed by atoms with Crippen LogP contribution in [0.15, 0.2) is 84.9 Å². The highest BCUT2D eigenvalue weighted by molar-refractivity contribution is 7.22. The molecule has 1 aliphatic heterocycles. The highest BCUT2D eigenvalue weighted by Gasteiger charge is 2.31. The number of thiazole rings is 1. The number of hydrogen-bond donors (Lipinski definition) is 0. The standard InChI is InChI=1S/C26H25N7S/c1-3-9-20(10-4-1)19-33-25(28-29-30-33)24(21-11-5-2-6-12-21)31-15-17-32(18-16-31)26-27-22-13-7-8-14-23(22)34-26/h1-14,24H,15-19H2/t24-/m1/s1. The lowest BCUT2D eigenvalue weighted by Crippen LogP contribution is -2.48. The summed E-state index contributed by atoms with van der Waals surface area (Å²) in [5.41, 5.74) is 3.47. The number of aromatic nitrogens is 5. The molecule has 1 fully saturated rings. The number of anilines is 1. The molecule has 8 heteroatoms. The number of rotatable bonds is 6. The van der Waals surface area contributed by atoms with Gasteiger partial charge >= 0.3 is 0 Å². The van der Waals surface area contributed by atoms with Crippen molar-refractivity contribution in [1.82, 2.24) is 30.1 Å². The molecule has 0 unspecified atom stereocenters. The van der Waals surface area contributed by atoms with Crippen LogP contribution in [-0.2, 0) is 6.54 Å². The van der Waals surface area contributed by atoms with E-state index in [1.165, 1.54) is 15.8 Å². The van der Waals surface area contributed by atoms with E-state index in [-0.39, 0.29) is 6.04 Å². The van der Waals surface area contributed by atoms with Crippen molar-refractivity contribution in [3.8, 4) is 0 Å². The third-order valence-electron chi connectivity index (χ3n) is 6.33. The fraction of sp³-hybridized carbons (Fsp3) is 0.231. The molecule has 3 heterocycles. The third kappa shape index (κ3) is 4.18. The van der Waals surface area contributed by atoms with Crippen LogP contribution in [-0.4, -0.2) is 56.3 Å². The van der Waals surface area contributed by atoms with Gasteiger partial charge in [-0.1, -0.05) is 84.1 Å². The van der Waals surface area contributed by atoms with Crippen LogP contribution in [0.3, 0.4) is 0 Å². The number of benzene rings is 3. The lowest BCUT2D eigenvalue weighted by molar-refractivity contribution is 0.201. The summed E-state index contributed by atoms with van der Waals surface area (Å²) >= 11 is 1.77. The molecule has 0 spiro atoms. The van der Waals surface area contributed by atoms with Gasteiger partial charge in [-0.05, 0) is 33.7 Å². The summed E-state index contributed by atoms with van der Waals surface area (Å²) in [6.45, 7) is 4.31. The van der Waals surface area contributed by atoms with Crippen molar-refractivity contribution in [3.05, 3.63) is 102 Å². The number of tetrazole rings is 1. The number of fused-ring (bicyclic) bond motifs is 1. The Hall–Kier alpha value is -3.62. The Labute approximate surface area is 202 Å². The van der Waals surface area contributed by atoms with E-state index in [4.69, 9.17) is 4.98 Å². The Bertz CT molecular complexity index is 1320. The molecule has 1 atom stereocenters. The van der Waals surface area contributed by atoms with E-state index in [1.54, 1.807) is 11.3 Å². The Balaban J connectivity index is 1.26. The first-order valence-electron chi connectivity index (χ1n) is 11.5. The first kappa shape index (κ1) is 20.9. The summed E-state index contributed by atoms with van der Waals surface area (Å²) < 4.78 is 3.18. The summed E-state index contributed by atoms with van der Waals surface area (Å²) in [6, 6.07) is 29.3. The highest BCUT2D eigenvalue weighted by atomic mass is 32.1. The molecule has 3 aromatic carbocycles. The maximum atomic E-state index is 4.86. The van der Waals surface area contributed by atoms with Crippen molar-refractivity contribution in [1.29, 1.82) is 0 Å². The molecule has 0 amide bonds. The normalized spacial score (nSPS) is 15.6. The van der Waals surface area contributed by atoms with E-state index in [0.717, 1.165) is 42.7 Å². The Kier molecular flexibility index (Phi) is 5.74. The molecule has 1 saturated heterocycles. The molecular formula is C26H25N7S. The number of para-hydroxylation sites is 1. The van der Waals surface area contributed by atoms with E-state index in [2.05, 4.69) is 98.1 Å². The van der Waals surface area contributed by atoms with Gasteiger partial charge < -0.3 is 4.90 Å². The summed E-state index contributed by atoms with van der Waals surface area (Å²) in [7, 11) is 0. The molecule has 0 N–H and O–H groups in total. The Morgan fingerprint density at radius 3 is 2.26 bits per heavy atom. The van der Waals surface area contributed by atoms with Crippen LogP contribution in [0.4, 0.5) is 5.13 Å². The Morgan fingerprint density at radius 2 is 1.50 bits per heavy atom. The summed E-state index contributed by atoms with van der Waals surface area (Å²) in [4.78, 5) is 9.76. The van der Waals surface area contributed by atoms with Gasteiger partial charge in [-0.25, -0.2) is 9.67 Å². The van der Waals surface area contributed by atoms with Crippen LogP contribution in [0.1, 0.15) is 23.0 Å². The largest absolute Gasteiger partial charge is 0.345 e. The predicted molar refractivity (Wildman–Crippen MR) is 135 cm³/mol. The second kappa shape index (κ2) is 9.32. The van der Waals surface area contributed by atoms with E-state index >= 15 is 0 Å². The van der Waals surface area contributed by atoms with Gasteiger partial charge in [0, 0.05) is 26.2 Å². The number of piperazine rings is 1. The van der Waals surface area contributed by atoms with Crippen LogP contribution >= 0.6 is 11.3 Å². The van der Waals surface area contributed by atoms with Crippen molar-refractivity contribution in [2.24, 2.45) is 0 Å². The van der Waals surface area contributed by atoms with Crippen molar-refractivity contribution in [2.45, 2.75) is 12.6 Å². The van der Waals surface area contributed by atoms with Crippen molar-refractivity contribution < 1.29 is 0 Å². The van der Waals surface area contributed by atoms with Gasteiger partial charge in [0.05, 0.1) is 22.8 Å². The molecule has 0 aliphatic carbocycles. The predicted octanol–water partition coefficient (Wildman–Crippen LogP) is 4.24. The first-order valence-corrected chi connectivity index (χ1v) is 12.4. The van der Waals surface area contributed by atoms with E-state index in [1.807, 2.05) is 16.8 Å². The van der Waals surface area contributed by atoms with Crippen LogP contribution < -0.4 is 4.90 Å². The maximum absolute atomic E-state index is 4.86. The van der Waals surface area contributed by atoms with Crippen LogP contribution in [0.2, 0.25) is 0 Å². The molecule has 6 rings (SSSR count). The molecule has 7 nitrogen and oxygen atoms in total. The monoisotopic (exact) mass is 467 g/mol. The van der Waals surface area contributed by atoms with Gasteiger partial charge in [-0.3, -0.25) is 4.90 Å². The molecule has 0 radical (unpaired) electrons. The molecule has 5 aromatic rings. The SMILES string of the molecule is c1ccc(Cn2nnnc2[C@@H](c2ccccc2)N2CCN(c3nc4ccccc4s3)CC2)cc1. The third-order valence-corrected chi connectivity index (χ3v) is 7.42. The van der Waals surface area contributed by atoms with Crippen LogP contribution in [0.25, 0.3) is 10.2 Å². The lowest BCUT2D eigenvalue weighted by atomic mass is 10.0. The average molecular weight is 468 g/mol. The van der Waals surface area contributed by atoms with Crippen LogP contribution in [0.5, 0.6) is 0 Å². The molecule has 1 aliphatic rings. The lowest BCUT2D eigenvalue weighted by Gasteiger charge is -2.38. The fourth-order valence-electron chi connectivity index (χ4n) is 4.60. The first-order chi connectivity index (χ1) is 16.8. The molecule has 0 bridgehead atoms. The Morgan fingerprint density at radius 1 is 0.794 bits per heavy atom.